The summed E-state index contributed by atoms with van der Waals surface area (Å²) in [5.74, 6) is 4.71. The minimum absolute atomic E-state index is 0.510. The average Bonchev–Trinajstić information content (AvgIpc) is 2.34. The van der Waals surface area contributed by atoms with E-state index < -0.39 is 5.97 Å². The van der Waals surface area contributed by atoms with E-state index in [1.165, 1.54) is 32.1 Å². The summed E-state index contributed by atoms with van der Waals surface area (Å²) in [6.07, 6.45) is 10.2. The number of carboxylic acid groups (broad SMARTS) is 1. The summed E-state index contributed by atoms with van der Waals surface area (Å²) in [6, 6.07) is 0. The van der Waals surface area contributed by atoms with Crippen molar-refractivity contribution in [3.8, 4) is 0 Å². The smallest absolute Gasteiger partial charge is 0.330 e. The van der Waals surface area contributed by atoms with Gasteiger partial charge in [0.1, 0.15) is 0 Å². The molecule has 19 heavy (non-hydrogen) atoms. The normalized spacial score (nSPS) is 42.4. The molecule has 0 heterocycles. The van der Waals surface area contributed by atoms with Crippen molar-refractivity contribution in [3.05, 3.63) is 11.6 Å². The lowest BCUT2D eigenvalue weighted by molar-refractivity contribution is -0.132. The van der Waals surface area contributed by atoms with E-state index in [0.29, 0.717) is 11.5 Å². The van der Waals surface area contributed by atoms with E-state index in [9.17, 15) is 4.79 Å². The second-order valence-electron chi connectivity index (χ2n) is 7.41. The highest BCUT2D eigenvalue weighted by molar-refractivity contribution is 5.85. The lowest BCUT2D eigenvalue weighted by Gasteiger charge is -2.56. The van der Waals surface area contributed by atoms with Gasteiger partial charge in [0.2, 0.25) is 0 Å². The predicted molar refractivity (Wildman–Crippen MR) is 75.7 cm³/mol. The van der Waals surface area contributed by atoms with Crippen molar-refractivity contribution in [2.24, 2.45) is 35.5 Å². The second kappa shape index (κ2) is 4.96. The predicted octanol–water partition coefficient (Wildman–Crippen LogP) is 4.12. The molecule has 4 aliphatic rings. The third-order valence-corrected chi connectivity index (χ3v) is 6.09. The van der Waals surface area contributed by atoms with E-state index in [1.807, 2.05) is 6.08 Å². The highest BCUT2D eigenvalue weighted by atomic mass is 16.4. The summed E-state index contributed by atoms with van der Waals surface area (Å²) in [5, 5.41) is 8.94. The maximum Gasteiger partial charge on any atom is 0.330 e. The van der Waals surface area contributed by atoms with E-state index in [2.05, 4.69) is 6.92 Å². The van der Waals surface area contributed by atoms with Gasteiger partial charge in [0.25, 0.3) is 0 Å². The van der Waals surface area contributed by atoms with Gasteiger partial charge in [0, 0.05) is 5.57 Å². The molecule has 0 aromatic heterocycles. The Labute approximate surface area is 116 Å². The molecule has 4 aliphatic carbocycles. The van der Waals surface area contributed by atoms with Gasteiger partial charge in [-0.05, 0) is 81.0 Å². The molecule has 2 nitrogen and oxygen atoms in total. The molecule has 0 amide bonds. The molecular formula is C17H26O2. The van der Waals surface area contributed by atoms with Gasteiger partial charge in [0.15, 0.2) is 0 Å². The molecule has 2 heteroatoms. The third kappa shape index (κ3) is 2.46. The van der Waals surface area contributed by atoms with Crippen LogP contribution in [0.1, 0.15) is 52.4 Å². The first kappa shape index (κ1) is 13.2. The van der Waals surface area contributed by atoms with Crippen LogP contribution in [0.2, 0.25) is 0 Å². The van der Waals surface area contributed by atoms with Crippen LogP contribution in [0.3, 0.4) is 0 Å². The third-order valence-electron chi connectivity index (χ3n) is 6.09. The number of rotatable bonds is 4. The highest BCUT2D eigenvalue weighted by Crippen LogP contribution is 2.58. The molecule has 0 aliphatic heterocycles. The van der Waals surface area contributed by atoms with Crippen LogP contribution in [0.5, 0.6) is 0 Å². The van der Waals surface area contributed by atoms with Gasteiger partial charge < -0.3 is 5.11 Å². The maximum atomic E-state index is 10.9. The highest BCUT2D eigenvalue weighted by Gasteiger charge is 2.49. The Balaban J connectivity index is 1.66. The van der Waals surface area contributed by atoms with Crippen LogP contribution in [0, 0.1) is 35.5 Å². The zero-order chi connectivity index (χ0) is 13.6. The maximum absolute atomic E-state index is 10.9. The summed E-state index contributed by atoms with van der Waals surface area (Å²) in [7, 11) is 0. The number of carbonyl (C=O) groups is 1. The standard InChI is InChI=1S/C17H26O2/c1-10(3-4-11(2)17(18)19)16-14-6-12-5-13(8-14)9-15(16)7-12/h4,10,12-16H,3,5-9H2,1-2H3,(H,18,19). The zero-order valence-electron chi connectivity index (χ0n) is 12.1. The van der Waals surface area contributed by atoms with Crippen molar-refractivity contribution in [2.75, 3.05) is 0 Å². The van der Waals surface area contributed by atoms with Crippen LogP contribution in [0.15, 0.2) is 11.6 Å². The Hall–Kier alpha value is -0.790. The van der Waals surface area contributed by atoms with Crippen molar-refractivity contribution >= 4 is 5.97 Å². The first-order valence-electron chi connectivity index (χ1n) is 7.94. The fourth-order valence-electron chi connectivity index (χ4n) is 5.50. The topological polar surface area (TPSA) is 37.3 Å². The molecule has 1 atom stereocenters. The summed E-state index contributed by atoms with van der Waals surface area (Å²) in [4.78, 5) is 10.9. The molecule has 0 radical (unpaired) electrons. The van der Waals surface area contributed by atoms with Gasteiger partial charge >= 0.3 is 5.97 Å². The monoisotopic (exact) mass is 262 g/mol. The van der Waals surface area contributed by atoms with Crippen LogP contribution in [-0.2, 0) is 4.79 Å². The second-order valence-corrected chi connectivity index (χ2v) is 7.41. The van der Waals surface area contributed by atoms with Gasteiger partial charge in [-0.15, -0.1) is 0 Å². The van der Waals surface area contributed by atoms with E-state index >= 15 is 0 Å². The van der Waals surface area contributed by atoms with E-state index in [-0.39, 0.29) is 0 Å². The molecule has 1 unspecified atom stereocenters. The Morgan fingerprint density at radius 1 is 1.16 bits per heavy atom. The van der Waals surface area contributed by atoms with E-state index in [4.69, 9.17) is 5.11 Å². The van der Waals surface area contributed by atoms with Crippen molar-refractivity contribution in [2.45, 2.75) is 52.4 Å². The number of hydrogen-bond donors (Lipinski definition) is 1. The largest absolute Gasteiger partial charge is 0.478 e. The Kier molecular flexibility index (Phi) is 3.44. The molecule has 4 rings (SSSR count). The SMILES string of the molecule is CC(=CCC(C)C1C2CC3CC(C2)CC1C3)C(=O)O. The van der Waals surface area contributed by atoms with Crippen LogP contribution in [0.25, 0.3) is 0 Å². The van der Waals surface area contributed by atoms with Crippen molar-refractivity contribution < 1.29 is 9.90 Å². The minimum atomic E-state index is -0.766. The Morgan fingerprint density at radius 3 is 2.16 bits per heavy atom. The summed E-state index contributed by atoms with van der Waals surface area (Å²) >= 11 is 0. The quantitative estimate of drug-likeness (QED) is 0.774. The van der Waals surface area contributed by atoms with Crippen LogP contribution in [0.4, 0.5) is 0 Å². The van der Waals surface area contributed by atoms with Crippen molar-refractivity contribution in [3.63, 3.8) is 0 Å². The average molecular weight is 262 g/mol. The summed E-state index contributed by atoms with van der Waals surface area (Å²) in [6.45, 7) is 4.06. The molecule has 0 aromatic rings. The minimum Gasteiger partial charge on any atom is -0.478 e. The van der Waals surface area contributed by atoms with Crippen molar-refractivity contribution in [1.82, 2.24) is 0 Å². The molecule has 106 valence electrons. The molecule has 1 N–H and O–H groups in total. The van der Waals surface area contributed by atoms with Gasteiger partial charge in [-0.2, -0.15) is 0 Å². The first-order valence-corrected chi connectivity index (χ1v) is 7.94. The molecule has 4 fully saturated rings. The Bertz CT molecular complexity index is 368. The fourth-order valence-corrected chi connectivity index (χ4v) is 5.50. The number of allylic oxidation sites excluding steroid dienone is 1. The molecule has 4 saturated carbocycles. The summed E-state index contributed by atoms with van der Waals surface area (Å²) < 4.78 is 0. The molecular weight excluding hydrogens is 236 g/mol. The molecule has 0 spiro atoms. The van der Waals surface area contributed by atoms with Gasteiger partial charge in [0.05, 0.1) is 0 Å². The zero-order valence-corrected chi connectivity index (χ0v) is 12.1. The number of hydrogen-bond acceptors (Lipinski definition) is 1. The molecule has 0 saturated heterocycles. The molecule has 0 aromatic carbocycles. The van der Waals surface area contributed by atoms with Gasteiger partial charge in [-0.25, -0.2) is 4.79 Å². The lowest BCUT2D eigenvalue weighted by atomic mass is 9.49. The van der Waals surface area contributed by atoms with Gasteiger partial charge in [-0.3, -0.25) is 0 Å². The number of carboxylic acids is 1. The summed E-state index contributed by atoms with van der Waals surface area (Å²) in [5.41, 5.74) is 0.510. The van der Waals surface area contributed by atoms with Gasteiger partial charge in [-0.1, -0.05) is 13.0 Å². The Morgan fingerprint density at radius 2 is 1.68 bits per heavy atom. The van der Waals surface area contributed by atoms with Crippen molar-refractivity contribution in [1.29, 1.82) is 0 Å². The lowest BCUT2D eigenvalue weighted by Crippen LogP contribution is -2.47. The van der Waals surface area contributed by atoms with Crippen LogP contribution >= 0.6 is 0 Å². The van der Waals surface area contributed by atoms with E-state index in [1.54, 1.807) is 6.92 Å². The van der Waals surface area contributed by atoms with Crippen LogP contribution in [-0.4, -0.2) is 11.1 Å². The first-order chi connectivity index (χ1) is 9.04. The number of aliphatic carboxylic acids is 1. The van der Waals surface area contributed by atoms with E-state index in [0.717, 1.165) is 36.0 Å². The molecule has 4 bridgehead atoms. The fraction of sp³-hybridized carbons (Fsp3) is 0.824. The van der Waals surface area contributed by atoms with Crippen LogP contribution < -0.4 is 0 Å².